The van der Waals surface area contributed by atoms with Crippen molar-refractivity contribution >= 4 is 28.8 Å². The van der Waals surface area contributed by atoms with Crippen molar-refractivity contribution in [3.05, 3.63) is 112 Å². The molecule has 1 amide bonds. The van der Waals surface area contributed by atoms with Crippen molar-refractivity contribution in [2.75, 3.05) is 14.2 Å². The molecule has 1 aromatic heterocycles. The first kappa shape index (κ1) is 28.0. The number of ether oxygens (including phenoxy) is 3. The lowest BCUT2D eigenvalue weighted by molar-refractivity contribution is -0.136. The van der Waals surface area contributed by atoms with E-state index in [2.05, 4.69) is 15.3 Å². The van der Waals surface area contributed by atoms with E-state index in [9.17, 15) is 9.59 Å². The van der Waals surface area contributed by atoms with Crippen LogP contribution in [0.1, 0.15) is 36.2 Å². The minimum Gasteiger partial charge on any atom is -0.493 e. The monoisotopic (exact) mass is 570 g/mol. The van der Waals surface area contributed by atoms with E-state index in [-0.39, 0.29) is 12.3 Å². The van der Waals surface area contributed by atoms with Gasteiger partial charge in [-0.3, -0.25) is 9.78 Å². The Bertz CT molecular complexity index is 1520. The summed E-state index contributed by atoms with van der Waals surface area (Å²) in [5, 5.41) is 5.50. The summed E-state index contributed by atoms with van der Waals surface area (Å²) in [6.45, 7) is 2.49. The van der Waals surface area contributed by atoms with Crippen LogP contribution in [-0.4, -0.2) is 41.1 Å². The maximum Gasteiger partial charge on any atom is 0.338 e. The second kappa shape index (κ2) is 12.7. The number of thioether (sulfide) groups is 1. The zero-order valence-electron chi connectivity index (χ0n) is 23.0. The first-order valence-corrected chi connectivity index (χ1v) is 13.9. The molecular weight excluding hydrogens is 540 g/mol. The van der Waals surface area contributed by atoms with Gasteiger partial charge < -0.3 is 24.4 Å². The molecule has 41 heavy (non-hydrogen) atoms. The van der Waals surface area contributed by atoms with Crippen molar-refractivity contribution in [1.82, 2.24) is 15.2 Å². The van der Waals surface area contributed by atoms with Crippen LogP contribution in [0.3, 0.4) is 0 Å². The highest BCUT2D eigenvalue weighted by atomic mass is 32.2. The van der Waals surface area contributed by atoms with Gasteiger partial charge in [0.05, 0.1) is 50.2 Å². The quantitative estimate of drug-likeness (QED) is 0.335. The average molecular weight is 571 g/mol. The Hall–Kier alpha value is -4.57. The topological polar surface area (TPSA) is 102 Å². The van der Waals surface area contributed by atoms with Crippen LogP contribution in [0.2, 0.25) is 0 Å². The number of carbonyl (C=O) groups excluding carboxylic acids is 2. The molecule has 0 fully saturated rings. The number of hydrogen-bond acceptors (Lipinski definition) is 9. The molecule has 1 N–H and O–H groups in total. The van der Waals surface area contributed by atoms with Crippen molar-refractivity contribution in [2.45, 2.75) is 32.5 Å². The van der Waals surface area contributed by atoms with E-state index in [0.717, 1.165) is 22.5 Å². The number of nitrogens with zero attached hydrogens (tertiary/aromatic N) is 3. The molecular formula is C31H30N4O5S. The summed E-state index contributed by atoms with van der Waals surface area (Å²) in [6.07, 6.45) is 1.78. The Balaban J connectivity index is 1.42. The fourth-order valence-corrected chi connectivity index (χ4v) is 5.65. The molecule has 9 nitrogen and oxygen atoms in total. The smallest absolute Gasteiger partial charge is 0.338 e. The van der Waals surface area contributed by atoms with Crippen LogP contribution in [0.25, 0.3) is 0 Å². The number of methoxy groups -OCH3 is 2. The summed E-state index contributed by atoms with van der Waals surface area (Å²) < 4.78 is 16.9. The van der Waals surface area contributed by atoms with Crippen LogP contribution in [0, 0.1) is 0 Å². The van der Waals surface area contributed by atoms with Gasteiger partial charge in [0, 0.05) is 11.9 Å². The molecule has 3 aromatic rings. The number of aromatic nitrogens is 1. The zero-order valence-corrected chi connectivity index (χ0v) is 23.8. The number of benzene rings is 2. The number of amides is 1. The SMILES string of the molecule is COC(=O)C1=C(C)N=C2SC=C(CC(=O)NCc3ccccn3)N2[C@@H]1c1ccc(OCc2ccccc2)c(OC)c1. The van der Waals surface area contributed by atoms with Gasteiger partial charge in [-0.15, -0.1) is 0 Å². The molecule has 0 saturated heterocycles. The first-order chi connectivity index (χ1) is 20.0. The highest BCUT2D eigenvalue weighted by Gasteiger charge is 2.41. The van der Waals surface area contributed by atoms with Gasteiger partial charge >= 0.3 is 5.97 Å². The third-order valence-electron chi connectivity index (χ3n) is 6.68. The summed E-state index contributed by atoms with van der Waals surface area (Å²) in [7, 11) is 2.92. The van der Waals surface area contributed by atoms with Crippen molar-refractivity contribution in [1.29, 1.82) is 0 Å². The summed E-state index contributed by atoms with van der Waals surface area (Å²) in [6, 6.07) is 20.4. The largest absolute Gasteiger partial charge is 0.493 e. The van der Waals surface area contributed by atoms with Gasteiger partial charge in [0.2, 0.25) is 5.91 Å². The number of rotatable bonds is 10. The van der Waals surface area contributed by atoms with Gasteiger partial charge in [0.1, 0.15) is 6.61 Å². The molecule has 3 heterocycles. The molecule has 0 saturated carbocycles. The van der Waals surface area contributed by atoms with Gasteiger partial charge in [-0.25, -0.2) is 9.79 Å². The Morgan fingerprint density at radius 1 is 1.02 bits per heavy atom. The fourth-order valence-electron chi connectivity index (χ4n) is 4.68. The Kier molecular flexibility index (Phi) is 8.69. The number of esters is 1. The molecule has 210 valence electrons. The predicted molar refractivity (Wildman–Crippen MR) is 157 cm³/mol. The highest BCUT2D eigenvalue weighted by Crippen LogP contribution is 2.46. The third-order valence-corrected chi connectivity index (χ3v) is 7.57. The Morgan fingerprint density at radius 3 is 2.56 bits per heavy atom. The number of pyridine rings is 1. The second-order valence-corrected chi connectivity index (χ2v) is 10.2. The molecule has 2 aliphatic rings. The number of amidine groups is 1. The van der Waals surface area contributed by atoms with E-state index in [4.69, 9.17) is 14.2 Å². The van der Waals surface area contributed by atoms with Gasteiger partial charge in [0.25, 0.3) is 0 Å². The van der Waals surface area contributed by atoms with E-state index in [0.29, 0.717) is 41.1 Å². The van der Waals surface area contributed by atoms with Gasteiger partial charge in [-0.1, -0.05) is 54.2 Å². The van der Waals surface area contributed by atoms with Crippen LogP contribution in [0.15, 0.2) is 100 Å². The number of aliphatic imine (C=N–C) groups is 1. The van der Waals surface area contributed by atoms with Crippen LogP contribution in [0.4, 0.5) is 0 Å². The maximum atomic E-state index is 13.1. The summed E-state index contributed by atoms with van der Waals surface area (Å²) in [5.74, 6) is 0.436. The third kappa shape index (κ3) is 6.28. The van der Waals surface area contributed by atoms with Crippen molar-refractivity contribution in [3.63, 3.8) is 0 Å². The molecule has 2 aliphatic heterocycles. The van der Waals surface area contributed by atoms with Crippen molar-refractivity contribution in [2.24, 2.45) is 4.99 Å². The molecule has 0 aliphatic carbocycles. The van der Waals surface area contributed by atoms with Crippen LogP contribution >= 0.6 is 11.8 Å². The molecule has 0 spiro atoms. The van der Waals surface area contributed by atoms with Gasteiger partial charge in [-0.05, 0) is 47.7 Å². The lowest BCUT2D eigenvalue weighted by atomic mass is 9.93. The van der Waals surface area contributed by atoms with Crippen LogP contribution in [0.5, 0.6) is 11.5 Å². The van der Waals surface area contributed by atoms with Gasteiger partial charge in [0.15, 0.2) is 16.7 Å². The van der Waals surface area contributed by atoms with Crippen molar-refractivity contribution in [3.8, 4) is 11.5 Å². The predicted octanol–water partition coefficient (Wildman–Crippen LogP) is 5.12. The van der Waals surface area contributed by atoms with E-state index >= 15 is 0 Å². The van der Waals surface area contributed by atoms with E-state index in [1.807, 2.05) is 77.0 Å². The standard InChI is InChI=1S/C31H30N4O5S/c1-20-28(30(37)39-3)29(22-12-13-25(26(15-22)38-2)40-18-21-9-5-4-6-10-21)35-24(19-41-31(35)34-20)16-27(36)33-17-23-11-7-8-14-32-23/h4-15,19,29H,16-18H2,1-3H3,(H,33,36)/t29-/m1/s1. The first-order valence-electron chi connectivity index (χ1n) is 13.0. The number of fused-ring (bicyclic) bond motifs is 1. The molecule has 0 radical (unpaired) electrons. The van der Waals surface area contributed by atoms with Crippen LogP contribution in [-0.2, 0) is 27.5 Å². The van der Waals surface area contributed by atoms with E-state index < -0.39 is 12.0 Å². The summed E-state index contributed by atoms with van der Waals surface area (Å²) in [4.78, 5) is 36.9. The number of allylic oxidation sites excluding steroid dienone is 1. The molecule has 0 bridgehead atoms. The van der Waals surface area contributed by atoms with E-state index in [1.54, 1.807) is 20.2 Å². The zero-order chi connectivity index (χ0) is 28.8. The molecule has 1 atom stereocenters. The van der Waals surface area contributed by atoms with Crippen LogP contribution < -0.4 is 14.8 Å². The minimum absolute atomic E-state index is 0.0955. The van der Waals surface area contributed by atoms with Gasteiger partial charge in [-0.2, -0.15) is 0 Å². The summed E-state index contributed by atoms with van der Waals surface area (Å²) in [5.41, 5.74) is 4.22. The van der Waals surface area contributed by atoms with E-state index in [1.165, 1.54) is 18.9 Å². The highest BCUT2D eigenvalue weighted by molar-refractivity contribution is 8.16. The molecule has 0 unspecified atom stereocenters. The number of hydrogen-bond donors (Lipinski definition) is 1. The lowest BCUT2D eigenvalue weighted by Crippen LogP contribution is -2.38. The molecule has 10 heteroatoms. The lowest BCUT2D eigenvalue weighted by Gasteiger charge is -2.36. The summed E-state index contributed by atoms with van der Waals surface area (Å²) >= 11 is 1.41. The second-order valence-electron chi connectivity index (χ2n) is 9.34. The molecule has 5 rings (SSSR count). The Labute approximate surface area is 242 Å². The fraction of sp³-hybridized carbons (Fsp3) is 0.226. The molecule has 2 aromatic carbocycles. The maximum absolute atomic E-state index is 13.1. The normalized spacial score (nSPS) is 16.0. The minimum atomic E-state index is -0.586. The average Bonchev–Trinajstić information content (AvgIpc) is 3.40. The Morgan fingerprint density at radius 2 is 1.83 bits per heavy atom. The number of nitrogens with one attached hydrogen (secondary N) is 1. The number of carbonyl (C=O) groups is 2. The van der Waals surface area contributed by atoms with Crippen molar-refractivity contribution < 1.29 is 23.8 Å².